The predicted molar refractivity (Wildman–Crippen MR) is 59.9 cm³/mol. The molecule has 2 rings (SSSR count). The SMILES string of the molecule is O=S(=O)(c1ccc(Cl)cc1)N1CC1CCl. The molecule has 0 spiro atoms. The Labute approximate surface area is 98.6 Å². The van der Waals surface area contributed by atoms with Crippen LogP contribution in [0.2, 0.25) is 5.02 Å². The maximum atomic E-state index is 11.9. The van der Waals surface area contributed by atoms with Gasteiger partial charge in [0.25, 0.3) is 0 Å². The zero-order valence-corrected chi connectivity index (χ0v) is 10.1. The number of hydrogen-bond acceptors (Lipinski definition) is 2. The van der Waals surface area contributed by atoms with Crippen LogP contribution in [0.15, 0.2) is 29.2 Å². The number of sulfonamides is 1. The average molecular weight is 266 g/mol. The van der Waals surface area contributed by atoms with Gasteiger partial charge in [-0.05, 0) is 24.3 Å². The first-order valence-corrected chi connectivity index (χ1v) is 6.74. The zero-order valence-electron chi connectivity index (χ0n) is 7.73. The summed E-state index contributed by atoms with van der Waals surface area (Å²) in [5, 5.41) is 0.522. The molecule has 0 radical (unpaired) electrons. The van der Waals surface area contributed by atoms with Gasteiger partial charge in [-0.1, -0.05) is 11.6 Å². The van der Waals surface area contributed by atoms with Gasteiger partial charge in [0.1, 0.15) is 0 Å². The lowest BCUT2D eigenvalue weighted by molar-refractivity contribution is 0.556. The third-order valence-electron chi connectivity index (χ3n) is 2.26. The number of alkyl halides is 1. The Morgan fingerprint density at radius 3 is 2.40 bits per heavy atom. The minimum absolute atomic E-state index is 0.0488. The van der Waals surface area contributed by atoms with Crippen LogP contribution in [0.1, 0.15) is 0 Å². The predicted octanol–water partition coefficient (Wildman–Crippen LogP) is 1.95. The second kappa shape index (κ2) is 3.94. The highest BCUT2D eigenvalue weighted by Gasteiger charge is 2.43. The molecule has 0 aromatic heterocycles. The summed E-state index contributed by atoms with van der Waals surface area (Å²) >= 11 is 11.3. The second-order valence-corrected chi connectivity index (χ2v) is 5.97. The Bertz CT molecular complexity index is 458. The van der Waals surface area contributed by atoms with Crippen LogP contribution in [0.25, 0.3) is 0 Å². The van der Waals surface area contributed by atoms with Crippen molar-refractivity contribution in [1.29, 1.82) is 0 Å². The highest BCUT2D eigenvalue weighted by atomic mass is 35.5. The van der Waals surface area contributed by atoms with Crippen molar-refractivity contribution in [1.82, 2.24) is 4.31 Å². The molecule has 1 aromatic rings. The van der Waals surface area contributed by atoms with E-state index in [0.717, 1.165) is 0 Å². The first kappa shape index (κ1) is 11.2. The van der Waals surface area contributed by atoms with Gasteiger partial charge in [0.05, 0.1) is 10.9 Å². The maximum absolute atomic E-state index is 11.9. The summed E-state index contributed by atoms with van der Waals surface area (Å²) in [6.07, 6.45) is 0. The van der Waals surface area contributed by atoms with Crippen molar-refractivity contribution in [3.8, 4) is 0 Å². The van der Waals surface area contributed by atoms with E-state index in [2.05, 4.69) is 0 Å². The van der Waals surface area contributed by atoms with Crippen molar-refractivity contribution < 1.29 is 8.42 Å². The van der Waals surface area contributed by atoms with Gasteiger partial charge in [0.2, 0.25) is 10.0 Å². The van der Waals surface area contributed by atoms with Crippen LogP contribution < -0.4 is 0 Å². The molecule has 3 nitrogen and oxygen atoms in total. The van der Waals surface area contributed by atoms with Gasteiger partial charge >= 0.3 is 0 Å². The smallest absolute Gasteiger partial charge is 0.207 e. The molecular weight excluding hydrogens is 257 g/mol. The lowest BCUT2D eigenvalue weighted by atomic mass is 10.4. The zero-order chi connectivity index (χ0) is 11.1. The number of halogens is 2. The van der Waals surface area contributed by atoms with Crippen molar-refractivity contribution in [2.24, 2.45) is 0 Å². The standard InChI is InChI=1S/C9H9Cl2NO2S/c10-5-8-6-12(8)15(13,14)9-3-1-7(11)2-4-9/h1-4,8H,5-6H2. The van der Waals surface area contributed by atoms with E-state index < -0.39 is 10.0 Å². The van der Waals surface area contributed by atoms with E-state index in [1.165, 1.54) is 16.4 Å². The minimum Gasteiger partial charge on any atom is -0.207 e. The van der Waals surface area contributed by atoms with Crippen LogP contribution in [0.5, 0.6) is 0 Å². The van der Waals surface area contributed by atoms with E-state index in [9.17, 15) is 8.42 Å². The molecule has 0 amide bonds. The largest absolute Gasteiger partial charge is 0.243 e. The van der Waals surface area contributed by atoms with E-state index in [0.29, 0.717) is 17.4 Å². The molecule has 0 N–H and O–H groups in total. The molecule has 0 aliphatic carbocycles. The Kier molecular flexibility index (Phi) is 2.94. The highest BCUT2D eigenvalue weighted by Crippen LogP contribution is 2.29. The van der Waals surface area contributed by atoms with Crippen molar-refractivity contribution in [3.05, 3.63) is 29.3 Å². The summed E-state index contributed by atoms with van der Waals surface area (Å²) in [6.45, 7) is 0.508. The van der Waals surface area contributed by atoms with Gasteiger partial charge in [-0.2, -0.15) is 4.31 Å². The van der Waals surface area contributed by atoms with Crippen LogP contribution in [0, 0.1) is 0 Å². The fourth-order valence-electron chi connectivity index (χ4n) is 1.32. The van der Waals surface area contributed by atoms with Crippen molar-refractivity contribution in [3.63, 3.8) is 0 Å². The highest BCUT2D eigenvalue weighted by molar-refractivity contribution is 7.89. The first-order valence-electron chi connectivity index (χ1n) is 4.39. The number of rotatable bonds is 3. The van der Waals surface area contributed by atoms with Crippen LogP contribution in [0.4, 0.5) is 0 Å². The molecule has 0 bridgehead atoms. The van der Waals surface area contributed by atoms with Gasteiger partial charge in [0, 0.05) is 17.4 Å². The normalized spacial score (nSPS) is 25.2. The molecule has 2 atom stereocenters. The van der Waals surface area contributed by atoms with E-state index in [1.807, 2.05) is 0 Å². The summed E-state index contributed by atoms with van der Waals surface area (Å²) in [4.78, 5) is 0.263. The summed E-state index contributed by atoms with van der Waals surface area (Å²) < 4.78 is 25.2. The maximum Gasteiger partial charge on any atom is 0.243 e. The molecule has 0 saturated carbocycles. The molecule has 15 heavy (non-hydrogen) atoms. The molecule has 1 saturated heterocycles. The molecule has 1 aliphatic rings. The summed E-state index contributed by atoms with van der Waals surface area (Å²) in [5.41, 5.74) is 0. The molecule has 1 heterocycles. The van der Waals surface area contributed by atoms with Crippen LogP contribution in [0.3, 0.4) is 0 Å². The van der Waals surface area contributed by atoms with E-state index in [4.69, 9.17) is 23.2 Å². The quantitative estimate of drug-likeness (QED) is 0.619. The molecule has 1 aliphatic heterocycles. The van der Waals surface area contributed by atoms with Gasteiger partial charge in [-0.25, -0.2) is 8.42 Å². The Morgan fingerprint density at radius 1 is 1.33 bits per heavy atom. The lowest BCUT2D eigenvalue weighted by Crippen LogP contribution is -2.15. The summed E-state index contributed by atoms with van der Waals surface area (Å²) in [5.74, 6) is 0.340. The Balaban J connectivity index is 2.27. The topological polar surface area (TPSA) is 37.1 Å². The number of benzene rings is 1. The number of hydrogen-bond donors (Lipinski definition) is 0. The summed E-state index contributed by atoms with van der Waals surface area (Å²) in [6, 6.07) is 6.08. The van der Waals surface area contributed by atoms with Crippen LogP contribution in [-0.4, -0.2) is 31.2 Å². The minimum atomic E-state index is -3.35. The third-order valence-corrected chi connectivity index (χ3v) is 4.80. The molecular formula is C9H9Cl2NO2S. The fraction of sp³-hybridized carbons (Fsp3) is 0.333. The van der Waals surface area contributed by atoms with E-state index in [1.54, 1.807) is 12.1 Å². The van der Waals surface area contributed by atoms with E-state index in [-0.39, 0.29) is 10.9 Å². The van der Waals surface area contributed by atoms with Crippen molar-refractivity contribution in [2.45, 2.75) is 10.9 Å². The van der Waals surface area contributed by atoms with Crippen LogP contribution >= 0.6 is 23.2 Å². The van der Waals surface area contributed by atoms with Gasteiger partial charge in [-0.15, -0.1) is 11.6 Å². The molecule has 2 unspecified atom stereocenters. The Hall–Kier alpha value is -0.290. The summed E-state index contributed by atoms with van der Waals surface area (Å²) in [7, 11) is -3.35. The molecule has 6 heteroatoms. The fourth-order valence-corrected chi connectivity index (χ4v) is 3.38. The average Bonchev–Trinajstić information content (AvgIpc) is 2.98. The monoisotopic (exact) mass is 265 g/mol. The van der Waals surface area contributed by atoms with Gasteiger partial charge < -0.3 is 0 Å². The number of nitrogens with zero attached hydrogens (tertiary/aromatic N) is 1. The first-order chi connectivity index (χ1) is 7.05. The molecule has 1 aromatic carbocycles. The van der Waals surface area contributed by atoms with Crippen molar-refractivity contribution >= 4 is 33.2 Å². The van der Waals surface area contributed by atoms with Gasteiger partial charge in [-0.3, -0.25) is 0 Å². The van der Waals surface area contributed by atoms with Crippen LogP contribution in [-0.2, 0) is 10.0 Å². The molecule has 82 valence electrons. The van der Waals surface area contributed by atoms with Crippen molar-refractivity contribution in [2.75, 3.05) is 12.4 Å². The molecule has 1 fully saturated rings. The second-order valence-electron chi connectivity index (χ2n) is 3.34. The third kappa shape index (κ3) is 2.13. The van der Waals surface area contributed by atoms with E-state index >= 15 is 0 Å². The van der Waals surface area contributed by atoms with Gasteiger partial charge in [0.15, 0.2) is 0 Å². The lowest BCUT2D eigenvalue weighted by Gasteiger charge is -2.04. The Morgan fingerprint density at radius 2 is 1.93 bits per heavy atom.